The average Bonchev–Trinajstić information content (AvgIpc) is 3.50. The summed E-state index contributed by atoms with van der Waals surface area (Å²) in [6.45, 7) is 0.186. The molecular weight excluding hydrogens is 436 g/mol. The van der Waals surface area contributed by atoms with E-state index in [1.54, 1.807) is 4.68 Å². The molecule has 2 atom stereocenters. The van der Waals surface area contributed by atoms with Crippen LogP contribution in [0.5, 0.6) is 11.5 Å². The van der Waals surface area contributed by atoms with Gasteiger partial charge in [0.05, 0.1) is 18.0 Å². The molecule has 1 fully saturated rings. The summed E-state index contributed by atoms with van der Waals surface area (Å²) in [6.07, 6.45) is 0.607. The Balaban J connectivity index is 1.46. The van der Waals surface area contributed by atoms with E-state index in [1.165, 1.54) is 11.2 Å². The fourth-order valence-corrected chi connectivity index (χ4v) is 4.19. The minimum atomic E-state index is -1.42. The Labute approximate surface area is 195 Å². The number of benzene rings is 2. The van der Waals surface area contributed by atoms with E-state index in [4.69, 9.17) is 20.7 Å². The van der Waals surface area contributed by atoms with Gasteiger partial charge in [-0.05, 0) is 42.8 Å². The van der Waals surface area contributed by atoms with E-state index in [-0.39, 0.29) is 6.04 Å². The number of amides is 1. The molecule has 2 aromatic carbocycles. The molecule has 2 aromatic heterocycles. The molecule has 3 heterocycles. The van der Waals surface area contributed by atoms with Crippen LogP contribution in [0.25, 0.3) is 22.3 Å². The van der Waals surface area contributed by atoms with Gasteiger partial charge in [0, 0.05) is 18.7 Å². The highest BCUT2D eigenvalue weighted by atomic mass is 16.5. The molecule has 0 saturated carbocycles. The summed E-state index contributed by atoms with van der Waals surface area (Å²) < 4.78 is 7.65. The topological polar surface area (TPSA) is 140 Å². The first-order chi connectivity index (χ1) is 16.5. The van der Waals surface area contributed by atoms with Crippen molar-refractivity contribution < 1.29 is 19.7 Å². The molecule has 0 aliphatic carbocycles. The van der Waals surface area contributed by atoms with Crippen LogP contribution in [0.4, 0.5) is 5.82 Å². The van der Waals surface area contributed by atoms with Gasteiger partial charge in [-0.3, -0.25) is 4.79 Å². The van der Waals surface area contributed by atoms with Crippen LogP contribution in [0.1, 0.15) is 12.5 Å². The Morgan fingerprint density at radius 1 is 1.12 bits per heavy atom. The predicted octanol–water partition coefficient (Wildman–Crippen LogP) is 1.99. The van der Waals surface area contributed by atoms with Crippen molar-refractivity contribution in [3.8, 4) is 22.8 Å². The number of anilines is 1. The molecule has 10 heteroatoms. The third-order valence-corrected chi connectivity index (χ3v) is 5.90. The monoisotopic (exact) mass is 460 g/mol. The normalized spacial score (nSPS) is 16.6. The molecule has 34 heavy (non-hydrogen) atoms. The van der Waals surface area contributed by atoms with Gasteiger partial charge >= 0.3 is 0 Å². The van der Waals surface area contributed by atoms with Crippen LogP contribution in [0, 0.1) is 0 Å². The Morgan fingerprint density at radius 2 is 1.85 bits per heavy atom. The molecule has 0 spiro atoms. The largest absolute Gasteiger partial charge is 0.457 e. The highest BCUT2D eigenvalue weighted by Crippen LogP contribution is 2.35. The number of carbonyl (C=O) groups excluding carboxylic acids is 1. The minimum absolute atomic E-state index is 0.152. The van der Waals surface area contributed by atoms with Crippen LogP contribution in [-0.2, 0) is 4.79 Å². The zero-order valence-corrected chi connectivity index (χ0v) is 18.3. The van der Waals surface area contributed by atoms with Gasteiger partial charge < -0.3 is 25.6 Å². The summed E-state index contributed by atoms with van der Waals surface area (Å²) in [6, 6.07) is 16.9. The summed E-state index contributed by atoms with van der Waals surface area (Å²) in [4.78, 5) is 22.4. The van der Waals surface area contributed by atoms with Crippen LogP contribution in [0.15, 0.2) is 60.9 Å². The van der Waals surface area contributed by atoms with Gasteiger partial charge in [0.1, 0.15) is 29.3 Å². The summed E-state index contributed by atoms with van der Waals surface area (Å²) >= 11 is 0. The van der Waals surface area contributed by atoms with Crippen LogP contribution < -0.4 is 10.5 Å². The maximum absolute atomic E-state index is 12.3. The summed E-state index contributed by atoms with van der Waals surface area (Å²) in [5, 5.41) is 24.3. The number of nitrogens with zero attached hydrogens (tertiary/aromatic N) is 5. The second-order valence-electron chi connectivity index (χ2n) is 8.12. The highest BCUT2D eigenvalue weighted by Gasteiger charge is 2.33. The van der Waals surface area contributed by atoms with Crippen LogP contribution in [0.3, 0.4) is 0 Å². The second kappa shape index (κ2) is 9.08. The SMILES string of the molecule is Nc1ncnc2c1c(-c1ccc(Oc3ccccc3)cc1)nn2C1CCN(C(=O)C(O)CO)C1. The van der Waals surface area contributed by atoms with E-state index in [9.17, 15) is 9.90 Å². The van der Waals surface area contributed by atoms with Crippen molar-refractivity contribution in [2.24, 2.45) is 0 Å². The molecule has 4 aromatic rings. The number of aromatic nitrogens is 4. The van der Waals surface area contributed by atoms with Gasteiger partial charge in [-0.15, -0.1) is 0 Å². The maximum Gasteiger partial charge on any atom is 0.253 e. The molecule has 0 bridgehead atoms. The van der Waals surface area contributed by atoms with Crippen molar-refractivity contribution in [1.82, 2.24) is 24.6 Å². The number of aliphatic hydroxyl groups excluding tert-OH is 2. The van der Waals surface area contributed by atoms with Gasteiger partial charge in [-0.1, -0.05) is 18.2 Å². The molecule has 0 radical (unpaired) electrons. The molecule has 10 nitrogen and oxygen atoms in total. The number of nitrogen functional groups attached to an aromatic ring is 1. The van der Waals surface area contributed by atoms with E-state index in [2.05, 4.69) is 9.97 Å². The van der Waals surface area contributed by atoms with Gasteiger partial charge in [0.25, 0.3) is 5.91 Å². The first-order valence-electron chi connectivity index (χ1n) is 10.9. The summed E-state index contributed by atoms with van der Waals surface area (Å²) in [5.74, 6) is 1.26. The van der Waals surface area contributed by atoms with E-state index in [1.807, 2.05) is 54.6 Å². The maximum atomic E-state index is 12.3. The Kier molecular flexibility index (Phi) is 5.83. The zero-order chi connectivity index (χ0) is 23.7. The Morgan fingerprint density at radius 3 is 2.59 bits per heavy atom. The molecule has 4 N–H and O–H groups in total. The molecule has 1 aliphatic rings. The van der Waals surface area contributed by atoms with Crippen molar-refractivity contribution in [2.45, 2.75) is 18.6 Å². The molecule has 1 saturated heterocycles. The molecule has 2 unspecified atom stereocenters. The molecule has 1 aliphatic heterocycles. The molecule has 1 amide bonds. The van der Waals surface area contributed by atoms with Crippen molar-refractivity contribution >= 4 is 22.8 Å². The quantitative estimate of drug-likeness (QED) is 0.397. The van der Waals surface area contributed by atoms with E-state index in [0.717, 1.165) is 11.3 Å². The number of rotatable bonds is 6. The lowest BCUT2D eigenvalue weighted by molar-refractivity contribution is -0.141. The number of hydrogen-bond acceptors (Lipinski definition) is 8. The second-order valence-corrected chi connectivity index (χ2v) is 8.12. The number of carbonyl (C=O) groups is 1. The number of nitrogens with two attached hydrogens (primary N) is 1. The van der Waals surface area contributed by atoms with Crippen molar-refractivity contribution in [3.63, 3.8) is 0 Å². The molecule has 5 rings (SSSR count). The number of para-hydroxylation sites is 1. The number of aliphatic hydroxyl groups is 2. The number of ether oxygens (including phenoxy) is 1. The number of likely N-dealkylation sites (tertiary alicyclic amines) is 1. The Bertz CT molecular complexity index is 1310. The van der Waals surface area contributed by atoms with Gasteiger partial charge in [0.2, 0.25) is 0 Å². The smallest absolute Gasteiger partial charge is 0.253 e. The molecule has 174 valence electrons. The minimum Gasteiger partial charge on any atom is -0.457 e. The lowest BCUT2D eigenvalue weighted by Gasteiger charge is -2.19. The summed E-state index contributed by atoms with van der Waals surface area (Å²) in [5.41, 5.74) is 8.26. The third kappa shape index (κ3) is 4.04. The van der Waals surface area contributed by atoms with Crippen LogP contribution >= 0.6 is 0 Å². The first-order valence-corrected chi connectivity index (χ1v) is 10.9. The van der Waals surface area contributed by atoms with E-state index < -0.39 is 18.6 Å². The van der Waals surface area contributed by atoms with Crippen molar-refractivity contribution in [1.29, 1.82) is 0 Å². The van der Waals surface area contributed by atoms with Gasteiger partial charge in [-0.25, -0.2) is 14.6 Å². The summed E-state index contributed by atoms with van der Waals surface area (Å²) in [7, 11) is 0. The lowest BCUT2D eigenvalue weighted by Crippen LogP contribution is -2.39. The fraction of sp³-hybridized carbons (Fsp3) is 0.250. The molecular formula is C24H24N6O4. The Hall–Kier alpha value is -4.02. The van der Waals surface area contributed by atoms with E-state index >= 15 is 0 Å². The fourth-order valence-electron chi connectivity index (χ4n) is 4.19. The van der Waals surface area contributed by atoms with Gasteiger partial charge in [-0.2, -0.15) is 5.10 Å². The number of fused-ring (bicyclic) bond motifs is 1. The van der Waals surface area contributed by atoms with E-state index in [0.29, 0.717) is 47.8 Å². The van der Waals surface area contributed by atoms with Gasteiger partial charge in [0.15, 0.2) is 11.8 Å². The zero-order valence-electron chi connectivity index (χ0n) is 18.3. The highest BCUT2D eigenvalue weighted by molar-refractivity contribution is 5.98. The third-order valence-electron chi connectivity index (χ3n) is 5.90. The number of hydrogen-bond donors (Lipinski definition) is 3. The van der Waals surface area contributed by atoms with Crippen LogP contribution in [-0.4, -0.2) is 66.6 Å². The average molecular weight is 460 g/mol. The van der Waals surface area contributed by atoms with Crippen molar-refractivity contribution in [3.05, 3.63) is 60.9 Å². The standard InChI is InChI=1S/C24H24N6O4/c25-22-20-21(15-6-8-18(9-7-15)34-17-4-2-1-3-5-17)28-30(23(20)27-14-26-22)16-10-11-29(12-16)24(33)19(32)13-31/h1-9,14,16,19,31-32H,10-13H2,(H2,25,26,27). The predicted molar refractivity (Wildman–Crippen MR) is 125 cm³/mol. The first kappa shape index (κ1) is 21.8. The van der Waals surface area contributed by atoms with Crippen molar-refractivity contribution in [2.75, 3.05) is 25.4 Å². The lowest BCUT2D eigenvalue weighted by atomic mass is 10.1. The van der Waals surface area contributed by atoms with Crippen LogP contribution in [0.2, 0.25) is 0 Å².